The molecule has 1 saturated heterocycles. The van der Waals surface area contributed by atoms with Crippen LogP contribution in [-0.2, 0) is 4.79 Å². The SMILES string of the molecule is CCCC(=O)N1C(=O)N(C)C[C@H]1c1ccccc1. The lowest BCUT2D eigenvalue weighted by Crippen LogP contribution is -2.36. The zero-order chi connectivity index (χ0) is 13.1. The fourth-order valence-electron chi connectivity index (χ4n) is 2.28. The van der Waals surface area contributed by atoms with E-state index in [9.17, 15) is 9.59 Å². The quantitative estimate of drug-likeness (QED) is 0.821. The lowest BCUT2D eigenvalue weighted by Gasteiger charge is -2.21. The molecule has 4 heteroatoms. The first kappa shape index (κ1) is 12.6. The highest BCUT2D eigenvalue weighted by Crippen LogP contribution is 2.29. The van der Waals surface area contributed by atoms with Crippen LogP contribution in [0.3, 0.4) is 0 Å². The van der Waals surface area contributed by atoms with Gasteiger partial charge in [-0.25, -0.2) is 4.79 Å². The Morgan fingerprint density at radius 1 is 1.33 bits per heavy atom. The van der Waals surface area contributed by atoms with Gasteiger partial charge in [0.1, 0.15) is 0 Å². The van der Waals surface area contributed by atoms with E-state index in [0.29, 0.717) is 13.0 Å². The monoisotopic (exact) mass is 246 g/mol. The van der Waals surface area contributed by atoms with E-state index >= 15 is 0 Å². The molecule has 18 heavy (non-hydrogen) atoms. The van der Waals surface area contributed by atoms with Crippen LogP contribution in [0.25, 0.3) is 0 Å². The van der Waals surface area contributed by atoms with Crippen molar-refractivity contribution in [1.29, 1.82) is 0 Å². The van der Waals surface area contributed by atoms with Crippen molar-refractivity contribution in [2.45, 2.75) is 25.8 Å². The van der Waals surface area contributed by atoms with E-state index in [1.807, 2.05) is 37.3 Å². The van der Waals surface area contributed by atoms with E-state index in [1.54, 1.807) is 11.9 Å². The largest absolute Gasteiger partial charge is 0.327 e. The van der Waals surface area contributed by atoms with Gasteiger partial charge in [0.25, 0.3) is 0 Å². The highest BCUT2D eigenvalue weighted by molar-refractivity contribution is 5.96. The molecule has 1 aromatic carbocycles. The van der Waals surface area contributed by atoms with Gasteiger partial charge in [0, 0.05) is 20.0 Å². The first-order valence-corrected chi connectivity index (χ1v) is 6.27. The van der Waals surface area contributed by atoms with E-state index in [4.69, 9.17) is 0 Å². The fourth-order valence-corrected chi connectivity index (χ4v) is 2.28. The lowest BCUT2D eigenvalue weighted by atomic mass is 10.1. The van der Waals surface area contributed by atoms with Crippen LogP contribution in [0.15, 0.2) is 30.3 Å². The van der Waals surface area contributed by atoms with Crippen LogP contribution in [0.5, 0.6) is 0 Å². The molecule has 96 valence electrons. The Hall–Kier alpha value is -1.84. The van der Waals surface area contributed by atoms with E-state index in [-0.39, 0.29) is 18.0 Å². The molecule has 4 nitrogen and oxygen atoms in total. The topological polar surface area (TPSA) is 40.6 Å². The summed E-state index contributed by atoms with van der Waals surface area (Å²) < 4.78 is 0. The molecule has 1 aliphatic rings. The summed E-state index contributed by atoms with van der Waals surface area (Å²) in [6, 6.07) is 9.38. The molecule has 0 aliphatic carbocycles. The number of urea groups is 1. The van der Waals surface area contributed by atoms with Gasteiger partial charge in [-0.15, -0.1) is 0 Å². The molecule has 0 unspecified atom stereocenters. The summed E-state index contributed by atoms with van der Waals surface area (Å²) in [4.78, 5) is 27.1. The molecule has 0 spiro atoms. The van der Waals surface area contributed by atoms with Crippen LogP contribution < -0.4 is 0 Å². The van der Waals surface area contributed by atoms with Crippen LogP contribution in [0.2, 0.25) is 0 Å². The molecule has 1 aromatic rings. The van der Waals surface area contributed by atoms with Gasteiger partial charge >= 0.3 is 6.03 Å². The van der Waals surface area contributed by atoms with Crippen molar-refractivity contribution in [3.8, 4) is 0 Å². The Labute approximate surface area is 107 Å². The van der Waals surface area contributed by atoms with Gasteiger partial charge in [0.15, 0.2) is 0 Å². The van der Waals surface area contributed by atoms with Crippen molar-refractivity contribution in [2.24, 2.45) is 0 Å². The molecule has 1 atom stereocenters. The van der Waals surface area contributed by atoms with Crippen LogP contribution >= 0.6 is 0 Å². The summed E-state index contributed by atoms with van der Waals surface area (Å²) in [6.45, 7) is 2.51. The van der Waals surface area contributed by atoms with Gasteiger partial charge in [-0.3, -0.25) is 9.69 Å². The standard InChI is InChI=1S/C14H18N2O2/c1-3-7-13(17)16-12(10-15(2)14(16)18)11-8-5-4-6-9-11/h4-6,8-9,12H,3,7,10H2,1-2H3/t12-/m0/s1. The smallest absolute Gasteiger partial charge is 0.325 e. The van der Waals surface area contributed by atoms with Gasteiger partial charge in [-0.1, -0.05) is 37.3 Å². The zero-order valence-corrected chi connectivity index (χ0v) is 10.8. The second-order valence-electron chi connectivity index (χ2n) is 4.60. The highest BCUT2D eigenvalue weighted by Gasteiger charge is 2.39. The maximum Gasteiger partial charge on any atom is 0.327 e. The summed E-state index contributed by atoms with van der Waals surface area (Å²) in [5.41, 5.74) is 1.01. The summed E-state index contributed by atoms with van der Waals surface area (Å²) in [5.74, 6) is -0.0827. The van der Waals surface area contributed by atoms with Crippen molar-refractivity contribution in [2.75, 3.05) is 13.6 Å². The number of hydrogen-bond acceptors (Lipinski definition) is 2. The number of nitrogens with zero attached hydrogens (tertiary/aromatic N) is 2. The Bertz CT molecular complexity index is 444. The number of benzene rings is 1. The van der Waals surface area contributed by atoms with E-state index in [0.717, 1.165) is 12.0 Å². The molecule has 0 saturated carbocycles. The molecular weight excluding hydrogens is 228 g/mol. The van der Waals surface area contributed by atoms with Gasteiger partial charge in [0.05, 0.1) is 6.04 Å². The predicted molar refractivity (Wildman–Crippen MR) is 69.0 cm³/mol. The molecule has 1 fully saturated rings. The lowest BCUT2D eigenvalue weighted by molar-refractivity contribution is -0.129. The molecule has 1 aliphatic heterocycles. The number of rotatable bonds is 3. The number of imide groups is 1. The third-order valence-electron chi connectivity index (χ3n) is 3.21. The van der Waals surface area contributed by atoms with E-state index in [2.05, 4.69) is 0 Å². The van der Waals surface area contributed by atoms with Gasteiger partial charge in [-0.05, 0) is 12.0 Å². The second kappa shape index (κ2) is 5.21. The fraction of sp³-hybridized carbons (Fsp3) is 0.429. The van der Waals surface area contributed by atoms with Crippen molar-refractivity contribution < 1.29 is 9.59 Å². The van der Waals surface area contributed by atoms with Crippen molar-refractivity contribution in [1.82, 2.24) is 9.80 Å². The van der Waals surface area contributed by atoms with Gasteiger partial charge < -0.3 is 4.90 Å². The number of likely N-dealkylation sites (N-methyl/N-ethyl adjacent to an activating group) is 1. The average molecular weight is 246 g/mol. The summed E-state index contributed by atoms with van der Waals surface area (Å²) in [5, 5.41) is 0. The Balaban J connectivity index is 2.28. The van der Waals surface area contributed by atoms with Crippen molar-refractivity contribution in [3.63, 3.8) is 0 Å². The second-order valence-corrected chi connectivity index (χ2v) is 4.60. The number of hydrogen-bond donors (Lipinski definition) is 0. The molecule has 3 amide bonds. The number of amides is 3. The first-order valence-electron chi connectivity index (χ1n) is 6.27. The van der Waals surface area contributed by atoms with Crippen LogP contribution in [0.4, 0.5) is 4.79 Å². The van der Waals surface area contributed by atoms with Crippen LogP contribution in [0.1, 0.15) is 31.4 Å². The van der Waals surface area contributed by atoms with Crippen molar-refractivity contribution in [3.05, 3.63) is 35.9 Å². The summed E-state index contributed by atoms with van der Waals surface area (Å²) >= 11 is 0. The Kier molecular flexibility index (Phi) is 3.65. The highest BCUT2D eigenvalue weighted by atomic mass is 16.2. The normalized spacial score (nSPS) is 19.4. The van der Waals surface area contributed by atoms with E-state index < -0.39 is 0 Å². The minimum absolute atomic E-state index is 0.0827. The molecule has 2 rings (SSSR count). The molecule has 0 N–H and O–H groups in total. The predicted octanol–water partition coefficient (Wildman–Crippen LogP) is 2.42. The number of carbonyl (C=O) groups excluding carboxylic acids is 2. The van der Waals surface area contributed by atoms with Crippen LogP contribution in [-0.4, -0.2) is 35.3 Å². The minimum Gasteiger partial charge on any atom is -0.325 e. The third-order valence-corrected chi connectivity index (χ3v) is 3.21. The first-order chi connectivity index (χ1) is 8.65. The number of carbonyl (C=O) groups is 2. The van der Waals surface area contributed by atoms with Gasteiger partial charge in [0.2, 0.25) is 5.91 Å². The Morgan fingerprint density at radius 2 is 2.00 bits per heavy atom. The summed E-state index contributed by atoms with van der Waals surface area (Å²) in [6.07, 6.45) is 1.18. The van der Waals surface area contributed by atoms with Gasteiger partial charge in [-0.2, -0.15) is 0 Å². The molecule has 1 heterocycles. The zero-order valence-electron chi connectivity index (χ0n) is 10.8. The molecule has 0 aromatic heterocycles. The third kappa shape index (κ3) is 2.23. The Morgan fingerprint density at radius 3 is 2.61 bits per heavy atom. The molecule has 0 bridgehead atoms. The minimum atomic E-state index is -0.192. The molecular formula is C14H18N2O2. The van der Waals surface area contributed by atoms with Crippen molar-refractivity contribution >= 4 is 11.9 Å². The maximum absolute atomic E-state index is 12.1. The maximum atomic E-state index is 12.1. The molecule has 0 radical (unpaired) electrons. The van der Waals surface area contributed by atoms with E-state index in [1.165, 1.54) is 4.90 Å². The average Bonchev–Trinajstić information content (AvgIpc) is 2.67. The van der Waals surface area contributed by atoms with Crippen LogP contribution in [0, 0.1) is 0 Å². The summed E-state index contributed by atoms with van der Waals surface area (Å²) in [7, 11) is 1.73.